The Morgan fingerprint density at radius 1 is 1.36 bits per heavy atom. The maximum absolute atomic E-state index is 5.93. The van der Waals surface area contributed by atoms with Crippen molar-refractivity contribution >= 4 is 12.4 Å². The molecule has 14 heavy (non-hydrogen) atoms. The molecule has 1 atom stereocenters. The summed E-state index contributed by atoms with van der Waals surface area (Å²) in [6.07, 6.45) is 3.78. The predicted octanol–water partition coefficient (Wildman–Crippen LogP) is 3.25. The first-order valence-corrected chi connectivity index (χ1v) is 4.73. The van der Waals surface area contributed by atoms with Gasteiger partial charge in [0, 0.05) is 6.04 Å². The van der Waals surface area contributed by atoms with Crippen molar-refractivity contribution in [3.05, 3.63) is 48.0 Å². The van der Waals surface area contributed by atoms with E-state index in [1.54, 1.807) is 0 Å². The molecule has 0 aliphatic rings. The van der Waals surface area contributed by atoms with Crippen LogP contribution in [0.3, 0.4) is 0 Å². The highest BCUT2D eigenvalue weighted by atomic mass is 35.5. The minimum atomic E-state index is 0. The molecule has 1 aromatic rings. The third-order valence-electron chi connectivity index (χ3n) is 2.24. The van der Waals surface area contributed by atoms with Crippen LogP contribution in [-0.4, -0.2) is 0 Å². The van der Waals surface area contributed by atoms with Crippen molar-refractivity contribution in [2.75, 3.05) is 0 Å². The number of benzene rings is 1. The molecule has 1 rings (SSSR count). The van der Waals surface area contributed by atoms with Crippen molar-refractivity contribution in [3.63, 3.8) is 0 Å². The lowest BCUT2D eigenvalue weighted by molar-refractivity contribution is 0.741. The molecule has 0 aliphatic heterocycles. The number of hydrogen-bond donors (Lipinski definition) is 1. The van der Waals surface area contributed by atoms with Gasteiger partial charge >= 0.3 is 0 Å². The lowest BCUT2D eigenvalue weighted by Crippen LogP contribution is -2.08. The van der Waals surface area contributed by atoms with Crippen molar-refractivity contribution in [2.45, 2.75) is 25.8 Å². The normalized spacial score (nSPS) is 11.6. The summed E-state index contributed by atoms with van der Waals surface area (Å²) in [6, 6.07) is 8.58. The molecular formula is C12H18ClN. The molecule has 78 valence electrons. The van der Waals surface area contributed by atoms with E-state index in [9.17, 15) is 0 Å². The Morgan fingerprint density at radius 2 is 1.93 bits per heavy atom. The van der Waals surface area contributed by atoms with Gasteiger partial charge in [-0.05, 0) is 24.0 Å². The summed E-state index contributed by atoms with van der Waals surface area (Å²) >= 11 is 0. The van der Waals surface area contributed by atoms with Crippen LogP contribution < -0.4 is 5.73 Å². The number of halogens is 1. The van der Waals surface area contributed by atoms with E-state index >= 15 is 0 Å². The maximum Gasteiger partial charge on any atom is 0.0329 e. The molecule has 0 saturated carbocycles. The van der Waals surface area contributed by atoms with Crippen LogP contribution in [0.1, 0.15) is 30.5 Å². The Labute approximate surface area is 92.4 Å². The predicted molar refractivity (Wildman–Crippen MR) is 64.8 cm³/mol. The van der Waals surface area contributed by atoms with Crippen LogP contribution >= 0.6 is 12.4 Å². The van der Waals surface area contributed by atoms with Crippen LogP contribution in [0, 0.1) is 0 Å². The van der Waals surface area contributed by atoms with E-state index in [4.69, 9.17) is 5.73 Å². The summed E-state index contributed by atoms with van der Waals surface area (Å²) in [7, 11) is 0. The highest BCUT2D eigenvalue weighted by molar-refractivity contribution is 5.85. The molecule has 0 radical (unpaired) electrons. The number of nitrogens with two attached hydrogens (primary N) is 1. The van der Waals surface area contributed by atoms with E-state index in [1.807, 2.05) is 6.08 Å². The fourth-order valence-electron chi connectivity index (χ4n) is 1.32. The van der Waals surface area contributed by atoms with E-state index in [0.717, 1.165) is 12.8 Å². The van der Waals surface area contributed by atoms with Crippen molar-refractivity contribution < 1.29 is 0 Å². The third kappa shape index (κ3) is 3.52. The molecule has 0 amide bonds. The quantitative estimate of drug-likeness (QED) is 0.761. The molecule has 2 N–H and O–H groups in total. The van der Waals surface area contributed by atoms with Crippen molar-refractivity contribution in [2.24, 2.45) is 5.73 Å². The maximum atomic E-state index is 5.93. The molecule has 1 aromatic carbocycles. The van der Waals surface area contributed by atoms with Gasteiger partial charge < -0.3 is 5.73 Å². The van der Waals surface area contributed by atoms with Gasteiger partial charge in [0.05, 0.1) is 0 Å². The Morgan fingerprint density at radius 3 is 2.36 bits per heavy atom. The molecule has 0 unspecified atom stereocenters. The standard InChI is InChI=1S/C12H17N.ClH/c1-3-5-12(13)11-8-6-10(4-2)7-9-11;/h3,6-9,12H,1,4-5,13H2,2H3;1H/t12-;/m0./s1. The zero-order valence-electron chi connectivity index (χ0n) is 8.57. The largest absolute Gasteiger partial charge is 0.324 e. The van der Waals surface area contributed by atoms with Gasteiger partial charge in [0.15, 0.2) is 0 Å². The molecule has 0 bridgehead atoms. The Hall–Kier alpha value is -0.790. The first-order valence-electron chi connectivity index (χ1n) is 4.73. The molecule has 2 heteroatoms. The summed E-state index contributed by atoms with van der Waals surface area (Å²) in [5.74, 6) is 0. The minimum absolute atomic E-state index is 0. The average Bonchev–Trinajstić information content (AvgIpc) is 2.18. The number of hydrogen-bond acceptors (Lipinski definition) is 1. The van der Waals surface area contributed by atoms with Gasteiger partial charge in [0.25, 0.3) is 0 Å². The molecule has 0 spiro atoms. The topological polar surface area (TPSA) is 26.0 Å². The summed E-state index contributed by atoms with van der Waals surface area (Å²) in [4.78, 5) is 0. The molecule has 0 saturated heterocycles. The van der Waals surface area contributed by atoms with Crippen LogP contribution in [0.4, 0.5) is 0 Å². The van der Waals surface area contributed by atoms with Gasteiger partial charge in [-0.3, -0.25) is 0 Å². The van der Waals surface area contributed by atoms with Gasteiger partial charge in [0.1, 0.15) is 0 Å². The summed E-state index contributed by atoms with van der Waals surface area (Å²) in [6.45, 7) is 5.83. The lowest BCUT2D eigenvalue weighted by Gasteiger charge is -2.09. The van der Waals surface area contributed by atoms with Crippen molar-refractivity contribution in [3.8, 4) is 0 Å². The second-order valence-corrected chi connectivity index (χ2v) is 3.23. The number of aryl methyl sites for hydroxylation is 1. The summed E-state index contributed by atoms with van der Waals surface area (Å²) < 4.78 is 0. The van der Waals surface area contributed by atoms with E-state index in [-0.39, 0.29) is 18.4 Å². The first-order chi connectivity index (χ1) is 6.27. The SMILES string of the molecule is C=CC[C@H](N)c1ccc(CC)cc1.Cl. The van der Waals surface area contributed by atoms with Crippen LogP contribution in [0.5, 0.6) is 0 Å². The fourth-order valence-corrected chi connectivity index (χ4v) is 1.32. The van der Waals surface area contributed by atoms with Gasteiger partial charge in [-0.1, -0.05) is 37.3 Å². The van der Waals surface area contributed by atoms with E-state index in [0.29, 0.717) is 0 Å². The fraction of sp³-hybridized carbons (Fsp3) is 0.333. The first kappa shape index (κ1) is 13.2. The molecule has 0 heterocycles. The van der Waals surface area contributed by atoms with Crippen molar-refractivity contribution in [1.82, 2.24) is 0 Å². The zero-order valence-corrected chi connectivity index (χ0v) is 9.39. The van der Waals surface area contributed by atoms with Crippen LogP contribution in [0.15, 0.2) is 36.9 Å². The average molecular weight is 212 g/mol. The molecule has 1 nitrogen and oxygen atoms in total. The van der Waals surface area contributed by atoms with Crippen LogP contribution in [-0.2, 0) is 6.42 Å². The monoisotopic (exact) mass is 211 g/mol. The highest BCUT2D eigenvalue weighted by Gasteiger charge is 2.02. The second-order valence-electron chi connectivity index (χ2n) is 3.23. The second kappa shape index (κ2) is 6.63. The summed E-state index contributed by atoms with van der Waals surface area (Å²) in [5, 5.41) is 0. The van der Waals surface area contributed by atoms with Crippen LogP contribution in [0.25, 0.3) is 0 Å². The van der Waals surface area contributed by atoms with Gasteiger partial charge in [-0.25, -0.2) is 0 Å². The van der Waals surface area contributed by atoms with E-state index in [2.05, 4.69) is 37.8 Å². The highest BCUT2D eigenvalue weighted by Crippen LogP contribution is 2.15. The summed E-state index contributed by atoms with van der Waals surface area (Å²) in [5.41, 5.74) is 8.47. The Balaban J connectivity index is 0.00000169. The lowest BCUT2D eigenvalue weighted by atomic mass is 10.0. The Bertz CT molecular complexity index is 266. The van der Waals surface area contributed by atoms with E-state index < -0.39 is 0 Å². The van der Waals surface area contributed by atoms with Gasteiger partial charge in [-0.15, -0.1) is 19.0 Å². The van der Waals surface area contributed by atoms with Crippen LogP contribution in [0.2, 0.25) is 0 Å². The van der Waals surface area contributed by atoms with Crippen molar-refractivity contribution in [1.29, 1.82) is 0 Å². The minimum Gasteiger partial charge on any atom is -0.324 e. The van der Waals surface area contributed by atoms with E-state index in [1.165, 1.54) is 11.1 Å². The van der Waals surface area contributed by atoms with Gasteiger partial charge in [-0.2, -0.15) is 0 Å². The third-order valence-corrected chi connectivity index (χ3v) is 2.24. The molecule has 0 aromatic heterocycles. The molecule has 0 fully saturated rings. The molecular weight excluding hydrogens is 194 g/mol. The zero-order chi connectivity index (χ0) is 9.68. The number of rotatable bonds is 4. The Kier molecular flexibility index (Phi) is 6.26. The molecule has 0 aliphatic carbocycles. The smallest absolute Gasteiger partial charge is 0.0329 e. The van der Waals surface area contributed by atoms with Gasteiger partial charge in [0.2, 0.25) is 0 Å².